The SMILES string of the molecule is C=C[C@H](CCCCC(=O)O)Oc1ncnc2oc(-c3ccccc3)c(/C=C/C(=O)OCC)c12. The number of carboxylic acids is 1. The third-order valence-electron chi connectivity index (χ3n) is 4.85. The fourth-order valence-electron chi connectivity index (χ4n) is 3.31. The zero-order chi connectivity index (χ0) is 23.6. The number of ether oxygens (including phenoxy) is 2. The van der Waals surface area contributed by atoms with Crippen molar-refractivity contribution < 1.29 is 28.6 Å². The van der Waals surface area contributed by atoms with Gasteiger partial charge in [0.05, 0.1) is 6.61 Å². The number of nitrogens with zero attached hydrogens (tertiary/aromatic N) is 2. The largest absolute Gasteiger partial charge is 0.481 e. The quantitative estimate of drug-likeness (QED) is 0.177. The van der Waals surface area contributed by atoms with E-state index >= 15 is 0 Å². The number of esters is 1. The van der Waals surface area contributed by atoms with E-state index in [9.17, 15) is 9.59 Å². The maximum Gasteiger partial charge on any atom is 0.330 e. The molecule has 0 bridgehead atoms. The van der Waals surface area contributed by atoms with Crippen LogP contribution in [0.2, 0.25) is 0 Å². The summed E-state index contributed by atoms with van der Waals surface area (Å²) in [6.45, 7) is 5.82. The Morgan fingerprint density at radius 1 is 1.21 bits per heavy atom. The first-order chi connectivity index (χ1) is 16.0. The molecule has 2 heterocycles. The third kappa shape index (κ3) is 6.29. The van der Waals surface area contributed by atoms with E-state index in [1.54, 1.807) is 19.1 Å². The van der Waals surface area contributed by atoms with Gasteiger partial charge in [0.1, 0.15) is 23.6 Å². The highest BCUT2D eigenvalue weighted by Crippen LogP contribution is 2.38. The molecule has 0 radical (unpaired) electrons. The number of rotatable bonds is 12. The van der Waals surface area contributed by atoms with E-state index in [-0.39, 0.29) is 25.0 Å². The molecule has 0 aliphatic heterocycles. The first-order valence-electron chi connectivity index (χ1n) is 10.7. The summed E-state index contributed by atoms with van der Waals surface area (Å²) in [5.74, 6) is -0.494. The van der Waals surface area contributed by atoms with Crippen LogP contribution in [-0.4, -0.2) is 39.7 Å². The average Bonchev–Trinajstić information content (AvgIpc) is 3.19. The number of aromatic nitrogens is 2. The van der Waals surface area contributed by atoms with Crippen molar-refractivity contribution in [3.63, 3.8) is 0 Å². The van der Waals surface area contributed by atoms with E-state index in [4.69, 9.17) is 19.0 Å². The van der Waals surface area contributed by atoms with Crippen LogP contribution in [0.3, 0.4) is 0 Å². The average molecular weight is 450 g/mol. The molecule has 1 atom stereocenters. The van der Waals surface area contributed by atoms with Gasteiger partial charge in [0.15, 0.2) is 0 Å². The van der Waals surface area contributed by atoms with Crippen LogP contribution in [-0.2, 0) is 14.3 Å². The Labute approximate surface area is 191 Å². The second-order valence-corrected chi connectivity index (χ2v) is 7.19. The van der Waals surface area contributed by atoms with Crippen molar-refractivity contribution in [2.24, 2.45) is 0 Å². The summed E-state index contributed by atoms with van der Waals surface area (Å²) >= 11 is 0. The van der Waals surface area contributed by atoms with Gasteiger partial charge in [-0.1, -0.05) is 43.0 Å². The molecule has 0 aliphatic carbocycles. The number of carboxylic acid groups (broad SMARTS) is 1. The molecule has 3 aromatic rings. The summed E-state index contributed by atoms with van der Waals surface area (Å²) in [5, 5.41) is 9.34. The standard InChI is InChI=1S/C25H26N2O6/c1-3-18(12-8-9-13-20(28)29)32-24-22-19(14-15-21(30)31-4-2)23(17-10-6-5-7-11-17)33-25(22)27-16-26-24/h3,5-7,10-11,14-16,18H,1,4,8-9,12-13H2,2H3,(H,28,29)/b15-14+/t18-/m1/s1. The van der Waals surface area contributed by atoms with Gasteiger partial charge in [-0.05, 0) is 32.3 Å². The van der Waals surface area contributed by atoms with Crippen molar-refractivity contribution in [2.75, 3.05) is 6.61 Å². The van der Waals surface area contributed by atoms with E-state index in [1.807, 2.05) is 30.3 Å². The number of carbonyl (C=O) groups is 2. The van der Waals surface area contributed by atoms with Crippen molar-refractivity contribution in [2.45, 2.75) is 38.7 Å². The van der Waals surface area contributed by atoms with Crippen molar-refractivity contribution >= 4 is 29.1 Å². The molecule has 0 saturated heterocycles. The van der Waals surface area contributed by atoms with E-state index in [0.29, 0.717) is 41.7 Å². The predicted octanol–water partition coefficient (Wildman–Crippen LogP) is 5.04. The molecule has 0 spiro atoms. The first kappa shape index (κ1) is 23.7. The third-order valence-corrected chi connectivity index (χ3v) is 4.85. The zero-order valence-corrected chi connectivity index (χ0v) is 18.4. The van der Waals surface area contributed by atoms with E-state index < -0.39 is 11.9 Å². The van der Waals surface area contributed by atoms with Crippen molar-refractivity contribution in [3.05, 3.63) is 61.0 Å². The van der Waals surface area contributed by atoms with E-state index in [1.165, 1.54) is 12.4 Å². The summed E-state index contributed by atoms with van der Waals surface area (Å²) in [4.78, 5) is 31.2. The molecule has 0 amide bonds. The molecule has 3 rings (SSSR count). The highest BCUT2D eigenvalue weighted by molar-refractivity contribution is 5.99. The second kappa shape index (κ2) is 11.6. The van der Waals surface area contributed by atoms with Crippen LogP contribution < -0.4 is 4.74 Å². The number of hydrogen-bond acceptors (Lipinski definition) is 7. The Morgan fingerprint density at radius 3 is 2.70 bits per heavy atom. The highest BCUT2D eigenvalue weighted by Gasteiger charge is 2.21. The number of fused-ring (bicyclic) bond motifs is 1. The van der Waals surface area contributed by atoms with E-state index in [2.05, 4.69) is 16.5 Å². The number of carbonyl (C=O) groups excluding carboxylic acids is 1. The van der Waals surface area contributed by atoms with Crippen LogP contribution in [0.15, 0.2) is 59.8 Å². The van der Waals surface area contributed by atoms with Crippen molar-refractivity contribution in [1.29, 1.82) is 0 Å². The lowest BCUT2D eigenvalue weighted by molar-refractivity contribution is -0.138. The van der Waals surface area contributed by atoms with Crippen LogP contribution in [0.25, 0.3) is 28.5 Å². The lowest BCUT2D eigenvalue weighted by Gasteiger charge is -2.15. The van der Waals surface area contributed by atoms with E-state index in [0.717, 1.165) is 5.56 Å². The smallest absolute Gasteiger partial charge is 0.330 e. The summed E-state index contributed by atoms with van der Waals surface area (Å²) in [6.07, 6.45) is 7.44. The van der Waals surface area contributed by atoms with Gasteiger partial charge >= 0.3 is 11.9 Å². The maximum atomic E-state index is 12.0. The Hall–Kier alpha value is -3.94. The zero-order valence-electron chi connectivity index (χ0n) is 18.4. The lowest BCUT2D eigenvalue weighted by atomic mass is 10.1. The number of furan rings is 1. The summed E-state index contributed by atoms with van der Waals surface area (Å²) < 4.78 is 17.1. The molecule has 1 N–H and O–H groups in total. The summed E-state index contributed by atoms with van der Waals surface area (Å²) in [6, 6.07) is 9.45. The Kier molecular flexibility index (Phi) is 8.35. The molecule has 33 heavy (non-hydrogen) atoms. The van der Waals surface area contributed by atoms with Gasteiger partial charge in [-0.3, -0.25) is 4.79 Å². The van der Waals surface area contributed by atoms with Crippen LogP contribution >= 0.6 is 0 Å². The molecule has 0 aliphatic rings. The minimum absolute atomic E-state index is 0.104. The molecule has 8 heteroatoms. The molecular weight excluding hydrogens is 424 g/mol. The Bertz CT molecular complexity index is 1140. The van der Waals surface area contributed by atoms with Crippen LogP contribution in [0.4, 0.5) is 0 Å². The fraction of sp³-hybridized carbons (Fsp3) is 0.280. The van der Waals surface area contributed by atoms with Gasteiger partial charge < -0.3 is 19.0 Å². The molecule has 0 saturated carbocycles. The van der Waals surface area contributed by atoms with Gasteiger partial charge in [0.25, 0.3) is 0 Å². The molecule has 172 valence electrons. The molecule has 2 aromatic heterocycles. The van der Waals surface area contributed by atoms with Crippen LogP contribution in [0.5, 0.6) is 5.88 Å². The Balaban J connectivity index is 1.98. The molecule has 8 nitrogen and oxygen atoms in total. The molecular formula is C25H26N2O6. The molecule has 1 aromatic carbocycles. The minimum atomic E-state index is -0.826. The first-order valence-corrected chi connectivity index (χ1v) is 10.7. The topological polar surface area (TPSA) is 112 Å². The van der Waals surface area contributed by atoms with Crippen molar-refractivity contribution in [1.82, 2.24) is 9.97 Å². The number of benzene rings is 1. The van der Waals surface area contributed by atoms with Crippen LogP contribution in [0.1, 0.15) is 38.2 Å². The summed E-state index contributed by atoms with van der Waals surface area (Å²) in [5.41, 5.74) is 1.71. The molecule has 0 fully saturated rings. The minimum Gasteiger partial charge on any atom is -0.481 e. The van der Waals surface area contributed by atoms with Gasteiger partial charge in [-0.25, -0.2) is 14.8 Å². The summed E-state index contributed by atoms with van der Waals surface area (Å²) in [7, 11) is 0. The van der Waals surface area contributed by atoms with Gasteiger partial charge in [0.2, 0.25) is 11.6 Å². The number of hydrogen-bond donors (Lipinski definition) is 1. The van der Waals surface area contributed by atoms with Crippen LogP contribution in [0, 0.1) is 0 Å². The second-order valence-electron chi connectivity index (χ2n) is 7.19. The number of aliphatic carboxylic acids is 1. The van der Waals surface area contributed by atoms with Gasteiger partial charge in [-0.2, -0.15) is 0 Å². The monoisotopic (exact) mass is 450 g/mol. The van der Waals surface area contributed by atoms with Gasteiger partial charge in [0, 0.05) is 23.6 Å². The number of unbranched alkanes of at least 4 members (excludes halogenated alkanes) is 1. The van der Waals surface area contributed by atoms with Crippen molar-refractivity contribution in [3.8, 4) is 17.2 Å². The highest BCUT2D eigenvalue weighted by atomic mass is 16.5. The molecule has 0 unspecified atom stereocenters. The predicted molar refractivity (Wildman–Crippen MR) is 124 cm³/mol. The maximum absolute atomic E-state index is 12.0. The fourth-order valence-corrected chi connectivity index (χ4v) is 3.31. The lowest BCUT2D eigenvalue weighted by Crippen LogP contribution is -2.14. The van der Waals surface area contributed by atoms with Gasteiger partial charge in [-0.15, -0.1) is 0 Å². The normalized spacial score (nSPS) is 12.0. The Morgan fingerprint density at radius 2 is 2.00 bits per heavy atom.